The minimum atomic E-state index is 0.0888. The number of hydrogen-bond donors (Lipinski definition) is 1. The summed E-state index contributed by atoms with van der Waals surface area (Å²) in [5.74, 6) is 1.06. The molecule has 96 valence electrons. The van der Waals surface area contributed by atoms with Gasteiger partial charge in [-0.3, -0.25) is 0 Å². The zero-order valence-electron chi connectivity index (χ0n) is 10.5. The predicted molar refractivity (Wildman–Crippen MR) is 74.3 cm³/mol. The average molecular weight is 276 g/mol. The maximum Gasteiger partial charge on any atom is 0.139 e. The topological polar surface area (TPSA) is 21.3 Å². The number of likely N-dealkylation sites (N-methyl/N-ethyl adjacent to an activating group) is 1. The molecule has 0 spiro atoms. The summed E-state index contributed by atoms with van der Waals surface area (Å²) in [6.45, 7) is 8.05. The van der Waals surface area contributed by atoms with Gasteiger partial charge in [-0.05, 0) is 24.6 Å². The van der Waals surface area contributed by atoms with Gasteiger partial charge in [0.1, 0.15) is 11.9 Å². The van der Waals surface area contributed by atoms with Gasteiger partial charge in [-0.2, -0.15) is 0 Å². The Morgan fingerprint density at radius 3 is 2.59 bits per heavy atom. The molecule has 17 heavy (non-hydrogen) atoms. The minimum absolute atomic E-state index is 0.0888. The lowest BCUT2D eigenvalue weighted by Gasteiger charge is -2.23. The zero-order valence-corrected chi connectivity index (χ0v) is 12.0. The fourth-order valence-corrected chi connectivity index (χ4v) is 1.75. The molecule has 0 saturated heterocycles. The lowest BCUT2D eigenvalue weighted by atomic mass is 10.1. The third-order valence-electron chi connectivity index (χ3n) is 2.51. The van der Waals surface area contributed by atoms with Crippen LogP contribution in [0.25, 0.3) is 0 Å². The molecule has 0 bridgehead atoms. The molecule has 0 fully saturated rings. The van der Waals surface area contributed by atoms with Crippen LogP contribution in [0.1, 0.15) is 20.8 Å². The Hall–Kier alpha value is -0.440. The largest absolute Gasteiger partial charge is 0.487 e. The van der Waals surface area contributed by atoms with E-state index in [1.165, 1.54) is 0 Å². The molecule has 1 rings (SSSR count). The van der Waals surface area contributed by atoms with Crippen LogP contribution in [0.5, 0.6) is 5.75 Å². The van der Waals surface area contributed by atoms with Gasteiger partial charge < -0.3 is 10.1 Å². The molecule has 0 heterocycles. The first-order valence-corrected chi connectivity index (χ1v) is 6.62. The van der Waals surface area contributed by atoms with Crippen molar-refractivity contribution in [2.75, 3.05) is 13.1 Å². The summed E-state index contributed by atoms with van der Waals surface area (Å²) in [5.41, 5.74) is 0. The molecule has 0 aliphatic heterocycles. The second-order valence-corrected chi connectivity index (χ2v) is 5.13. The van der Waals surface area contributed by atoms with Crippen molar-refractivity contribution in [3.8, 4) is 5.75 Å². The molecule has 0 saturated carbocycles. The third kappa shape index (κ3) is 4.74. The first-order valence-electron chi connectivity index (χ1n) is 5.87. The normalized spacial score (nSPS) is 12.8. The summed E-state index contributed by atoms with van der Waals surface area (Å²) in [5, 5.41) is 4.51. The molecule has 1 atom stereocenters. The quantitative estimate of drug-likeness (QED) is 0.847. The summed E-state index contributed by atoms with van der Waals surface area (Å²) in [6.07, 6.45) is 0.0888. The van der Waals surface area contributed by atoms with Gasteiger partial charge in [0.05, 0.1) is 5.02 Å². The van der Waals surface area contributed by atoms with E-state index in [-0.39, 0.29) is 6.10 Å². The van der Waals surface area contributed by atoms with E-state index in [1.807, 2.05) is 0 Å². The van der Waals surface area contributed by atoms with E-state index in [2.05, 4.69) is 26.1 Å². The second-order valence-electron chi connectivity index (χ2n) is 4.28. The van der Waals surface area contributed by atoms with Crippen molar-refractivity contribution in [1.29, 1.82) is 0 Å². The van der Waals surface area contributed by atoms with E-state index in [1.54, 1.807) is 18.2 Å². The number of ether oxygens (including phenoxy) is 1. The first-order chi connectivity index (χ1) is 8.04. The standard InChI is InChI=1S/C13H19Cl2NO/c1-4-16-8-13(9(2)3)17-12-7-10(14)5-6-11(12)15/h5-7,9,13,16H,4,8H2,1-3H3. The number of nitrogens with one attached hydrogen (secondary N) is 1. The molecule has 0 aliphatic carbocycles. The molecule has 4 heteroatoms. The molecular formula is C13H19Cl2NO. The second kappa shape index (κ2) is 7.10. The Morgan fingerprint density at radius 1 is 1.29 bits per heavy atom. The van der Waals surface area contributed by atoms with Crippen molar-refractivity contribution in [2.24, 2.45) is 5.92 Å². The smallest absolute Gasteiger partial charge is 0.139 e. The maximum atomic E-state index is 6.07. The van der Waals surface area contributed by atoms with Crippen LogP contribution in [0.4, 0.5) is 0 Å². The molecule has 0 radical (unpaired) electrons. The van der Waals surface area contributed by atoms with Crippen molar-refractivity contribution >= 4 is 23.2 Å². The summed E-state index contributed by atoms with van der Waals surface area (Å²) in [7, 11) is 0. The first kappa shape index (κ1) is 14.6. The van der Waals surface area contributed by atoms with Gasteiger partial charge in [0, 0.05) is 17.6 Å². The number of halogens is 2. The summed E-state index contributed by atoms with van der Waals surface area (Å²) >= 11 is 12.0. The van der Waals surface area contributed by atoms with Crippen LogP contribution >= 0.6 is 23.2 Å². The molecule has 1 aromatic rings. The highest BCUT2D eigenvalue weighted by Crippen LogP contribution is 2.29. The van der Waals surface area contributed by atoms with E-state index >= 15 is 0 Å². The molecule has 0 aromatic heterocycles. The van der Waals surface area contributed by atoms with Gasteiger partial charge in [-0.25, -0.2) is 0 Å². The highest BCUT2D eigenvalue weighted by atomic mass is 35.5. The maximum absolute atomic E-state index is 6.07. The lowest BCUT2D eigenvalue weighted by molar-refractivity contribution is 0.150. The van der Waals surface area contributed by atoms with Crippen LogP contribution in [0, 0.1) is 5.92 Å². The van der Waals surface area contributed by atoms with Crippen molar-refractivity contribution in [2.45, 2.75) is 26.9 Å². The highest BCUT2D eigenvalue weighted by Gasteiger charge is 2.16. The van der Waals surface area contributed by atoms with E-state index in [9.17, 15) is 0 Å². The van der Waals surface area contributed by atoms with Crippen LogP contribution in [0.2, 0.25) is 10.0 Å². The van der Waals surface area contributed by atoms with Crippen LogP contribution in [0.3, 0.4) is 0 Å². The minimum Gasteiger partial charge on any atom is -0.487 e. The van der Waals surface area contributed by atoms with Crippen molar-refractivity contribution in [1.82, 2.24) is 5.32 Å². The van der Waals surface area contributed by atoms with Gasteiger partial charge in [-0.1, -0.05) is 44.0 Å². The predicted octanol–water partition coefficient (Wildman–Crippen LogP) is 4.01. The van der Waals surface area contributed by atoms with Crippen LogP contribution in [0.15, 0.2) is 18.2 Å². The molecule has 1 aromatic carbocycles. The molecule has 1 unspecified atom stereocenters. The van der Waals surface area contributed by atoms with Gasteiger partial charge >= 0.3 is 0 Å². The van der Waals surface area contributed by atoms with Crippen molar-refractivity contribution < 1.29 is 4.74 Å². The van der Waals surface area contributed by atoms with Crippen LogP contribution in [-0.4, -0.2) is 19.2 Å². The molecule has 2 nitrogen and oxygen atoms in total. The number of rotatable bonds is 6. The summed E-state index contributed by atoms with van der Waals surface area (Å²) in [6, 6.07) is 5.26. The van der Waals surface area contributed by atoms with Crippen molar-refractivity contribution in [3.63, 3.8) is 0 Å². The summed E-state index contributed by atoms with van der Waals surface area (Å²) < 4.78 is 5.91. The number of benzene rings is 1. The fourth-order valence-electron chi connectivity index (χ4n) is 1.43. The molecule has 0 aliphatic rings. The Balaban J connectivity index is 2.74. The Kier molecular flexibility index (Phi) is 6.10. The molecular weight excluding hydrogens is 257 g/mol. The van der Waals surface area contributed by atoms with Crippen molar-refractivity contribution in [3.05, 3.63) is 28.2 Å². The third-order valence-corrected chi connectivity index (χ3v) is 3.06. The van der Waals surface area contributed by atoms with E-state index in [0.717, 1.165) is 13.1 Å². The highest BCUT2D eigenvalue weighted by molar-refractivity contribution is 6.34. The molecule has 1 N–H and O–H groups in total. The average Bonchev–Trinajstić information content (AvgIpc) is 2.28. The summed E-state index contributed by atoms with van der Waals surface area (Å²) in [4.78, 5) is 0. The van der Waals surface area contributed by atoms with Gasteiger partial charge in [0.15, 0.2) is 0 Å². The van der Waals surface area contributed by atoms with Crippen LogP contribution in [-0.2, 0) is 0 Å². The lowest BCUT2D eigenvalue weighted by Crippen LogP contribution is -2.35. The molecule has 0 amide bonds. The number of hydrogen-bond acceptors (Lipinski definition) is 2. The van der Waals surface area contributed by atoms with E-state index in [0.29, 0.717) is 21.7 Å². The monoisotopic (exact) mass is 275 g/mol. The Bertz CT molecular complexity index is 355. The van der Waals surface area contributed by atoms with Gasteiger partial charge in [0.25, 0.3) is 0 Å². The zero-order chi connectivity index (χ0) is 12.8. The van der Waals surface area contributed by atoms with Gasteiger partial charge in [0.2, 0.25) is 0 Å². The van der Waals surface area contributed by atoms with Crippen LogP contribution < -0.4 is 10.1 Å². The van der Waals surface area contributed by atoms with E-state index in [4.69, 9.17) is 27.9 Å². The SMILES string of the molecule is CCNCC(Oc1cc(Cl)ccc1Cl)C(C)C. The van der Waals surface area contributed by atoms with Gasteiger partial charge in [-0.15, -0.1) is 0 Å². The fraction of sp³-hybridized carbons (Fsp3) is 0.538. The Morgan fingerprint density at radius 2 is 2.00 bits per heavy atom. The van der Waals surface area contributed by atoms with E-state index < -0.39 is 0 Å². The Labute approximate surface area is 113 Å².